The van der Waals surface area contributed by atoms with Crippen LogP contribution in [-0.4, -0.2) is 38.7 Å². The van der Waals surface area contributed by atoms with Crippen molar-refractivity contribution in [3.8, 4) is 17.2 Å². The molecule has 4 amide bonds. The number of nitrogens with one attached hydrogen (secondary N) is 1. The molecule has 0 radical (unpaired) electrons. The molecule has 0 aliphatic carbocycles. The summed E-state index contributed by atoms with van der Waals surface area (Å²) in [4.78, 5) is 39.0. The highest BCUT2D eigenvalue weighted by atomic mass is 16.5. The van der Waals surface area contributed by atoms with Gasteiger partial charge in [0, 0.05) is 5.56 Å². The standard InChI is InChI=1S/C25H24N2O6/c1-5-7-17-13-16(15-21(32-4)22(17)33-12-6-2)14-20-23(28)26-25(30)27(24(20)29)18-8-10-19(31-3)11-9-18/h5-6,8-11,13-15H,1-2,7,12H2,3-4H3,(H,26,28,30)/b20-14+. The van der Waals surface area contributed by atoms with E-state index in [0.717, 1.165) is 10.5 Å². The molecule has 0 spiro atoms. The van der Waals surface area contributed by atoms with Gasteiger partial charge in [-0.2, -0.15) is 0 Å². The number of urea groups is 1. The van der Waals surface area contributed by atoms with Crippen LogP contribution < -0.4 is 24.4 Å². The molecule has 0 atom stereocenters. The molecule has 33 heavy (non-hydrogen) atoms. The van der Waals surface area contributed by atoms with E-state index in [9.17, 15) is 14.4 Å². The fourth-order valence-corrected chi connectivity index (χ4v) is 3.32. The Bertz CT molecular complexity index is 1130. The highest BCUT2D eigenvalue weighted by Crippen LogP contribution is 2.35. The molecular weight excluding hydrogens is 424 g/mol. The van der Waals surface area contributed by atoms with Gasteiger partial charge in [-0.1, -0.05) is 18.7 Å². The SMILES string of the molecule is C=CCOc1c(CC=C)cc(/C=C2\C(=O)NC(=O)N(c3ccc(OC)cc3)C2=O)cc1OC. The van der Waals surface area contributed by atoms with Gasteiger partial charge in [-0.3, -0.25) is 14.9 Å². The number of carbonyl (C=O) groups excluding carboxylic acids is 3. The molecule has 2 aromatic rings. The largest absolute Gasteiger partial charge is 0.497 e. The molecule has 2 aromatic carbocycles. The number of allylic oxidation sites excluding steroid dienone is 1. The summed E-state index contributed by atoms with van der Waals surface area (Å²) < 4.78 is 16.3. The highest BCUT2D eigenvalue weighted by molar-refractivity contribution is 6.39. The zero-order valence-electron chi connectivity index (χ0n) is 18.4. The van der Waals surface area contributed by atoms with Crippen LogP contribution in [0.1, 0.15) is 11.1 Å². The van der Waals surface area contributed by atoms with E-state index >= 15 is 0 Å². The normalized spacial score (nSPS) is 14.7. The van der Waals surface area contributed by atoms with Gasteiger partial charge in [0.1, 0.15) is 17.9 Å². The summed E-state index contributed by atoms with van der Waals surface area (Å²) in [6.07, 6.45) is 5.20. The predicted octanol–water partition coefficient (Wildman–Crippen LogP) is 3.66. The summed E-state index contributed by atoms with van der Waals surface area (Å²) in [5, 5.41) is 2.21. The van der Waals surface area contributed by atoms with Gasteiger partial charge >= 0.3 is 6.03 Å². The second kappa shape index (κ2) is 10.3. The first-order chi connectivity index (χ1) is 15.9. The molecule has 1 aliphatic rings. The van der Waals surface area contributed by atoms with E-state index < -0.39 is 17.8 Å². The zero-order valence-corrected chi connectivity index (χ0v) is 18.4. The smallest absolute Gasteiger partial charge is 0.335 e. The van der Waals surface area contributed by atoms with Crippen LogP contribution in [0.4, 0.5) is 10.5 Å². The van der Waals surface area contributed by atoms with Crippen LogP contribution >= 0.6 is 0 Å². The fourth-order valence-electron chi connectivity index (χ4n) is 3.32. The second-order valence-corrected chi connectivity index (χ2v) is 6.96. The number of nitrogens with zero attached hydrogens (tertiary/aromatic N) is 1. The summed E-state index contributed by atoms with van der Waals surface area (Å²) in [7, 11) is 3.00. The van der Waals surface area contributed by atoms with E-state index in [1.165, 1.54) is 20.3 Å². The number of carbonyl (C=O) groups is 3. The van der Waals surface area contributed by atoms with E-state index in [2.05, 4.69) is 18.5 Å². The number of barbiturate groups is 1. The van der Waals surface area contributed by atoms with Gasteiger partial charge in [-0.15, -0.1) is 6.58 Å². The Morgan fingerprint density at radius 1 is 1.00 bits per heavy atom. The molecule has 170 valence electrons. The number of ether oxygens (including phenoxy) is 3. The van der Waals surface area contributed by atoms with E-state index in [1.54, 1.807) is 48.6 Å². The molecule has 1 heterocycles. The van der Waals surface area contributed by atoms with Crippen LogP contribution in [0.3, 0.4) is 0 Å². The average molecular weight is 448 g/mol. The molecule has 1 aliphatic heterocycles. The van der Waals surface area contributed by atoms with Gasteiger partial charge < -0.3 is 14.2 Å². The van der Waals surface area contributed by atoms with Crippen LogP contribution in [0.5, 0.6) is 17.2 Å². The summed E-state index contributed by atoms with van der Waals surface area (Å²) in [5.74, 6) is -0.0177. The third-order valence-corrected chi connectivity index (χ3v) is 4.83. The Morgan fingerprint density at radius 2 is 1.73 bits per heavy atom. The number of hydrogen-bond donors (Lipinski definition) is 1. The van der Waals surface area contributed by atoms with Crippen molar-refractivity contribution in [1.29, 1.82) is 0 Å². The van der Waals surface area contributed by atoms with E-state index in [0.29, 0.717) is 34.9 Å². The van der Waals surface area contributed by atoms with Crippen molar-refractivity contribution in [3.63, 3.8) is 0 Å². The molecule has 0 saturated carbocycles. The molecule has 1 N–H and O–H groups in total. The topological polar surface area (TPSA) is 94.2 Å². The van der Waals surface area contributed by atoms with Crippen molar-refractivity contribution < 1.29 is 28.6 Å². The van der Waals surface area contributed by atoms with Crippen molar-refractivity contribution >= 4 is 29.6 Å². The minimum Gasteiger partial charge on any atom is -0.497 e. The summed E-state index contributed by atoms with van der Waals surface area (Å²) >= 11 is 0. The summed E-state index contributed by atoms with van der Waals surface area (Å²) in [5.41, 5.74) is 1.38. The molecule has 0 bridgehead atoms. The number of imide groups is 2. The van der Waals surface area contributed by atoms with Crippen molar-refractivity contribution in [3.05, 3.63) is 78.4 Å². The van der Waals surface area contributed by atoms with E-state index in [-0.39, 0.29) is 12.2 Å². The number of anilines is 1. The van der Waals surface area contributed by atoms with Gasteiger partial charge in [0.15, 0.2) is 11.5 Å². The van der Waals surface area contributed by atoms with E-state index in [1.807, 2.05) is 0 Å². The number of hydrogen-bond acceptors (Lipinski definition) is 6. The monoisotopic (exact) mass is 448 g/mol. The van der Waals surface area contributed by atoms with Gasteiger partial charge in [-0.25, -0.2) is 9.69 Å². The lowest BCUT2D eigenvalue weighted by molar-refractivity contribution is -0.122. The Hall–Kier alpha value is -4.33. The maximum atomic E-state index is 13.1. The first kappa shape index (κ1) is 23.3. The molecule has 0 aromatic heterocycles. The average Bonchev–Trinajstić information content (AvgIpc) is 2.81. The highest BCUT2D eigenvalue weighted by Gasteiger charge is 2.36. The van der Waals surface area contributed by atoms with Crippen LogP contribution in [0.15, 0.2) is 67.3 Å². The van der Waals surface area contributed by atoms with Crippen LogP contribution in [0.25, 0.3) is 6.08 Å². The Kier molecular flexibility index (Phi) is 7.30. The lowest BCUT2D eigenvalue weighted by Crippen LogP contribution is -2.54. The number of benzene rings is 2. The Balaban J connectivity index is 2.04. The molecule has 1 saturated heterocycles. The van der Waals surface area contributed by atoms with Crippen LogP contribution in [0, 0.1) is 0 Å². The minimum absolute atomic E-state index is 0.197. The first-order valence-corrected chi connectivity index (χ1v) is 10.0. The van der Waals surface area contributed by atoms with Gasteiger partial charge in [0.05, 0.1) is 19.9 Å². The third-order valence-electron chi connectivity index (χ3n) is 4.83. The number of rotatable bonds is 9. The third kappa shape index (κ3) is 4.95. The van der Waals surface area contributed by atoms with Crippen molar-refractivity contribution in [2.24, 2.45) is 0 Å². The molecule has 0 unspecified atom stereocenters. The lowest BCUT2D eigenvalue weighted by atomic mass is 10.0. The van der Waals surface area contributed by atoms with Crippen LogP contribution in [-0.2, 0) is 16.0 Å². The summed E-state index contributed by atoms with van der Waals surface area (Å²) in [6, 6.07) is 8.93. The molecular formula is C25H24N2O6. The fraction of sp³-hybridized carbons (Fsp3) is 0.160. The molecule has 3 rings (SSSR count). The van der Waals surface area contributed by atoms with Crippen molar-refractivity contribution in [2.45, 2.75) is 6.42 Å². The van der Waals surface area contributed by atoms with Gasteiger partial charge in [-0.05, 0) is 54.5 Å². The molecule has 1 fully saturated rings. The summed E-state index contributed by atoms with van der Waals surface area (Å²) in [6.45, 7) is 7.69. The van der Waals surface area contributed by atoms with E-state index in [4.69, 9.17) is 14.2 Å². The minimum atomic E-state index is -0.828. The maximum absolute atomic E-state index is 13.1. The quantitative estimate of drug-likeness (QED) is 0.357. The molecule has 8 heteroatoms. The zero-order chi connectivity index (χ0) is 24.0. The molecule has 8 nitrogen and oxygen atoms in total. The maximum Gasteiger partial charge on any atom is 0.335 e. The first-order valence-electron chi connectivity index (χ1n) is 10.0. The predicted molar refractivity (Wildman–Crippen MR) is 125 cm³/mol. The number of methoxy groups -OCH3 is 2. The Labute approximate surface area is 191 Å². The Morgan fingerprint density at radius 3 is 2.33 bits per heavy atom. The van der Waals surface area contributed by atoms with Gasteiger partial charge in [0.2, 0.25) is 0 Å². The lowest BCUT2D eigenvalue weighted by Gasteiger charge is -2.26. The second-order valence-electron chi connectivity index (χ2n) is 6.96. The van der Waals surface area contributed by atoms with Crippen molar-refractivity contribution in [2.75, 3.05) is 25.7 Å². The van der Waals surface area contributed by atoms with Crippen molar-refractivity contribution in [1.82, 2.24) is 5.32 Å². The van der Waals surface area contributed by atoms with Crippen LogP contribution in [0.2, 0.25) is 0 Å². The number of amides is 4. The van der Waals surface area contributed by atoms with Gasteiger partial charge in [0.25, 0.3) is 11.8 Å².